The van der Waals surface area contributed by atoms with Crippen molar-refractivity contribution in [2.75, 3.05) is 18.8 Å². The van der Waals surface area contributed by atoms with Gasteiger partial charge >= 0.3 is 11.5 Å². The Balaban J connectivity index is 2.29. The van der Waals surface area contributed by atoms with Gasteiger partial charge in [-0.25, -0.2) is 0 Å². The lowest BCUT2D eigenvalue weighted by molar-refractivity contribution is -0.138. The van der Waals surface area contributed by atoms with Gasteiger partial charge in [-0.1, -0.05) is 0 Å². The monoisotopic (exact) mass is 285 g/mol. The molecule has 0 unspecified atom stereocenters. The zero-order chi connectivity index (χ0) is 13.8. The van der Waals surface area contributed by atoms with Crippen molar-refractivity contribution >= 4 is 23.6 Å². The van der Waals surface area contributed by atoms with Gasteiger partial charge in [-0.05, 0) is 30.5 Å². The van der Waals surface area contributed by atoms with Crippen LogP contribution in [0.25, 0.3) is 0 Å². The lowest BCUT2D eigenvalue weighted by atomic mass is 9.94. The Kier molecular flexibility index (Phi) is 5.30. The molecule has 18 heavy (non-hydrogen) atoms. The highest BCUT2D eigenvalue weighted by Crippen LogP contribution is 2.30. The molecule has 0 atom stereocenters. The van der Waals surface area contributed by atoms with Gasteiger partial charge in [-0.3, -0.25) is 9.59 Å². The number of halogens is 3. The van der Waals surface area contributed by atoms with Crippen molar-refractivity contribution in [1.82, 2.24) is 4.90 Å². The first-order chi connectivity index (χ1) is 8.28. The zero-order valence-corrected chi connectivity index (χ0v) is 10.4. The van der Waals surface area contributed by atoms with Gasteiger partial charge in [-0.15, -0.1) is 0 Å². The van der Waals surface area contributed by atoms with Gasteiger partial charge in [0.1, 0.15) is 0 Å². The Morgan fingerprint density at radius 2 is 1.83 bits per heavy atom. The van der Waals surface area contributed by atoms with Crippen molar-refractivity contribution in [2.45, 2.75) is 24.8 Å². The molecule has 0 aromatic carbocycles. The Hall–Kier alpha value is -0.920. The fraction of sp³-hybridized carbons (Fsp3) is 0.800. The standard InChI is InChI=1S/C10H14F3NO3S/c11-10(12,13)18-6-8(15)14-3-1-7(2-4-14)5-9(16)17/h7H,1-6H2,(H,16,17). The molecule has 1 amide bonds. The molecular formula is C10H14F3NO3S. The molecule has 1 N–H and O–H groups in total. The number of hydrogen-bond acceptors (Lipinski definition) is 3. The number of aliphatic carboxylic acids is 1. The van der Waals surface area contributed by atoms with E-state index >= 15 is 0 Å². The average Bonchev–Trinajstić information content (AvgIpc) is 2.25. The van der Waals surface area contributed by atoms with E-state index in [1.54, 1.807) is 0 Å². The molecule has 1 heterocycles. The minimum absolute atomic E-state index is 0.0156. The number of carboxylic acids is 1. The van der Waals surface area contributed by atoms with Gasteiger partial charge in [0.2, 0.25) is 5.91 Å². The fourth-order valence-electron chi connectivity index (χ4n) is 1.87. The van der Waals surface area contributed by atoms with Gasteiger partial charge in [-0.2, -0.15) is 13.2 Å². The van der Waals surface area contributed by atoms with Crippen LogP contribution in [-0.2, 0) is 9.59 Å². The fourth-order valence-corrected chi connectivity index (χ4v) is 2.34. The quantitative estimate of drug-likeness (QED) is 0.857. The van der Waals surface area contributed by atoms with Gasteiger partial charge < -0.3 is 10.0 Å². The summed E-state index contributed by atoms with van der Waals surface area (Å²) in [5.74, 6) is -2.01. The second kappa shape index (κ2) is 6.31. The first-order valence-electron chi connectivity index (χ1n) is 5.48. The topological polar surface area (TPSA) is 57.6 Å². The summed E-state index contributed by atoms with van der Waals surface area (Å²) in [6, 6.07) is 0. The highest BCUT2D eigenvalue weighted by Gasteiger charge is 2.31. The maximum atomic E-state index is 11.9. The predicted octanol–water partition coefficient (Wildman–Crippen LogP) is 1.95. The van der Waals surface area contributed by atoms with Crippen LogP contribution in [0.4, 0.5) is 13.2 Å². The molecular weight excluding hydrogens is 271 g/mol. The van der Waals surface area contributed by atoms with E-state index in [0.29, 0.717) is 25.9 Å². The molecule has 0 aliphatic carbocycles. The van der Waals surface area contributed by atoms with E-state index in [1.807, 2.05) is 0 Å². The molecule has 1 aliphatic rings. The molecule has 0 spiro atoms. The number of carbonyl (C=O) groups excluding carboxylic acids is 1. The number of carbonyl (C=O) groups is 2. The Morgan fingerprint density at radius 3 is 2.28 bits per heavy atom. The number of carboxylic acid groups (broad SMARTS) is 1. The molecule has 1 saturated heterocycles. The average molecular weight is 285 g/mol. The van der Waals surface area contributed by atoms with Crippen molar-refractivity contribution in [3.05, 3.63) is 0 Å². The summed E-state index contributed by atoms with van der Waals surface area (Å²) in [6.07, 6.45) is 1.13. The molecule has 104 valence electrons. The van der Waals surface area contributed by atoms with Crippen LogP contribution in [0.15, 0.2) is 0 Å². The van der Waals surface area contributed by atoms with Crippen LogP contribution in [0.5, 0.6) is 0 Å². The lowest BCUT2D eigenvalue weighted by Gasteiger charge is -2.31. The van der Waals surface area contributed by atoms with E-state index in [-0.39, 0.29) is 24.1 Å². The second-order valence-electron chi connectivity index (χ2n) is 4.16. The number of amides is 1. The third-order valence-electron chi connectivity index (χ3n) is 2.79. The molecule has 0 bridgehead atoms. The van der Waals surface area contributed by atoms with Crippen LogP contribution in [0.3, 0.4) is 0 Å². The third kappa shape index (κ3) is 5.61. The summed E-state index contributed by atoms with van der Waals surface area (Å²) in [6.45, 7) is 0.685. The first kappa shape index (κ1) is 15.1. The Morgan fingerprint density at radius 1 is 1.28 bits per heavy atom. The summed E-state index contributed by atoms with van der Waals surface area (Å²) in [4.78, 5) is 23.3. The van der Waals surface area contributed by atoms with Crippen LogP contribution in [0.1, 0.15) is 19.3 Å². The van der Waals surface area contributed by atoms with Crippen molar-refractivity contribution in [2.24, 2.45) is 5.92 Å². The van der Waals surface area contributed by atoms with Crippen LogP contribution < -0.4 is 0 Å². The van der Waals surface area contributed by atoms with Crippen LogP contribution in [-0.4, -0.2) is 46.2 Å². The number of nitrogens with zero attached hydrogens (tertiary/aromatic N) is 1. The molecule has 0 aromatic rings. The van der Waals surface area contributed by atoms with E-state index in [0.717, 1.165) is 0 Å². The van der Waals surface area contributed by atoms with Crippen molar-refractivity contribution in [3.8, 4) is 0 Å². The lowest BCUT2D eigenvalue weighted by Crippen LogP contribution is -2.40. The van der Waals surface area contributed by atoms with E-state index in [9.17, 15) is 22.8 Å². The number of hydrogen-bond donors (Lipinski definition) is 1. The highest BCUT2D eigenvalue weighted by atomic mass is 32.2. The molecule has 1 aliphatic heterocycles. The molecule has 1 rings (SSSR count). The number of likely N-dealkylation sites (tertiary alicyclic amines) is 1. The van der Waals surface area contributed by atoms with Gasteiger partial charge in [0.05, 0.1) is 5.75 Å². The van der Waals surface area contributed by atoms with Crippen molar-refractivity contribution in [3.63, 3.8) is 0 Å². The van der Waals surface area contributed by atoms with E-state index in [2.05, 4.69) is 0 Å². The van der Waals surface area contributed by atoms with Gasteiger partial charge in [0.15, 0.2) is 0 Å². The minimum atomic E-state index is -4.39. The molecule has 1 fully saturated rings. The Labute approximate surface area is 107 Å². The summed E-state index contributed by atoms with van der Waals surface area (Å²) in [7, 11) is 0. The maximum absolute atomic E-state index is 11.9. The highest BCUT2D eigenvalue weighted by molar-refractivity contribution is 8.00. The largest absolute Gasteiger partial charge is 0.481 e. The molecule has 8 heteroatoms. The number of rotatable bonds is 4. The predicted molar refractivity (Wildman–Crippen MR) is 60.1 cm³/mol. The SMILES string of the molecule is O=C(O)CC1CCN(C(=O)CSC(F)(F)F)CC1. The normalized spacial score (nSPS) is 17.8. The first-order valence-corrected chi connectivity index (χ1v) is 6.47. The molecule has 4 nitrogen and oxygen atoms in total. The molecule has 0 aromatic heterocycles. The van der Waals surface area contributed by atoms with E-state index < -0.39 is 23.1 Å². The number of thioether (sulfide) groups is 1. The maximum Gasteiger partial charge on any atom is 0.442 e. The molecule has 0 radical (unpaired) electrons. The number of alkyl halides is 3. The van der Waals surface area contributed by atoms with Crippen LogP contribution in [0.2, 0.25) is 0 Å². The van der Waals surface area contributed by atoms with Gasteiger partial charge in [0.25, 0.3) is 0 Å². The molecule has 0 saturated carbocycles. The van der Waals surface area contributed by atoms with E-state index in [4.69, 9.17) is 5.11 Å². The summed E-state index contributed by atoms with van der Waals surface area (Å²) >= 11 is -0.339. The van der Waals surface area contributed by atoms with Crippen LogP contribution >= 0.6 is 11.8 Å². The van der Waals surface area contributed by atoms with Crippen LogP contribution in [0, 0.1) is 5.92 Å². The minimum Gasteiger partial charge on any atom is -0.481 e. The van der Waals surface area contributed by atoms with Gasteiger partial charge in [0, 0.05) is 19.5 Å². The van der Waals surface area contributed by atoms with Crippen molar-refractivity contribution < 1.29 is 27.9 Å². The zero-order valence-electron chi connectivity index (χ0n) is 9.57. The third-order valence-corrected chi connectivity index (χ3v) is 3.51. The summed E-state index contributed by atoms with van der Waals surface area (Å²) in [5.41, 5.74) is -4.39. The van der Waals surface area contributed by atoms with E-state index in [1.165, 1.54) is 4.90 Å². The summed E-state index contributed by atoms with van der Waals surface area (Å²) in [5, 5.41) is 8.61. The Bertz CT molecular complexity index is 314. The number of piperidine rings is 1. The smallest absolute Gasteiger partial charge is 0.442 e. The van der Waals surface area contributed by atoms with Crippen molar-refractivity contribution in [1.29, 1.82) is 0 Å². The second-order valence-corrected chi connectivity index (χ2v) is 5.20. The summed E-state index contributed by atoms with van der Waals surface area (Å²) < 4.78 is 35.7.